The van der Waals surface area contributed by atoms with Crippen LogP contribution in [0.4, 0.5) is 0 Å². The summed E-state index contributed by atoms with van der Waals surface area (Å²) in [7, 11) is 0. The van der Waals surface area contributed by atoms with Gasteiger partial charge in [0.25, 0.3) is 5.56 Å². The van der Waals surface area contributed by atoms with Gasteiger partial charge in [-0.05, 0) is 31.5 Å². The number of aromatic amines is 2. The van der Waals surface area contributed by atoms with Gasteiger partial charge in [-0.25, -0.2) is 4.98 Å². The average Bonchev–Trinajstić information content (AvgIpc) is 3.41. The summed E-state index contributed by atoms with van der Waals surface area (Å²) in [6.45, 7) is 2.89. The molecule has 0 aliphatic carbocycles. The van der Waals surface area contributed by atoms with Gasteiger partial charge < -0.3 is 10.3 Å². The van der Waals surface area contributed by atoms with Gasteiger partial charge in [0.15, 0.2) is 0 Å². The highest BCUT2D eigenvalue weighted by molar-refractivity contribution is 7.22. The molecule has 144 valence electrons. The van der Waals surface area contributed by atoms with Crippen LogP contribution in [-0.2, 0) is 0 Å². The molecule has 0 unspecified atom stereocenters. The maximum Gasteiger partial charge on any atom is 0.268 e. The van der Waals surface area contributed by atoms with E-state index in [0.717, 1.165) is 34.6 Å². The molecule has 0 radical (unpaired) electrons. The second-order valence-electron chi connectivity index (χ2n) is 6.92. The van der Waals surface area contributed by atoms with E-state index < -0.39 is 0 Å². The van der Waals surface area contributed by atoms with Crippen molar-refractivity contribution in [3.63, 3.8) is 0 Å². The number of halogens is 1. The topological polar surface area (TPSA) is 86.5 Å². The summed E-state index contributed by atoms with van der Waals surface area (Å²) in [6, 6.07) is 12.4. The fourth-order valence-electron chi connectivity index (χ4n) is 3.89. The van der Waals surface area contributed by atoms with E-state index >= 15 is 0 Å². The average molecular weight is 414 g/mol. The lowest BCUT2D eigenvalue weighted by Crippen LogP contribution is -2.23. The van der Waals surface area contributed by atoms with Gasteiger partial charge in [0.2, 0.25) is 0 Å². The first kappa shape index (κ1) is 18.9. The summed E-state index contributed by atoms with van der Waals surface area (Å²) in [6.07, 6.45) is 2.82. The third kappa shape index (κ3) is 3.15. The SMILES string of the molecule is Cc1[nH]ncc1-c1cc2nc([C@@H]3NCC[C@H]3c3ccccc3)[nH]c(=O)c2s1.Cl. The maximum absolute atomic E-state index is 12.7. The summed E-state index contributed by atoms with van der Waals surface area (Å²) in [4.78, 5) is 21.6. The molecule has 0 saturated carbocycles. The summed E-state index contributed by atoms with van der Waals surface area (Å²) < 4.78 is 0.656. The standard InChI is InChI=1S/C20H19N5OS.ClH/c1-11-14(10-22-25-11)16-9-15-18(27-16)20(26)24-19(23-15)17-13(7-8-21-17)12-5-3-2-4-6-12;/h2-6,9-10,13,17,21H,7-8H2,1H3,(H,22,25)(H,23,24,26);1H/t13-,17+;/m0./s1. The molecule has 1 saturated heterocycles. The normalized spacial score (nSPS) is 19.0. The van der Waals surface area contributed by atoms with Crippen LogP contribution in [0.15, 0.2) is 47.4 Å². The lowest BCUT2D eigenvalue weighted by Gasteiger charge is -2.19. The Kier molecular flexibility index (Phi) is 5.05. The molecule has 0 spiro atoms. The van der Waals surface area contributed by atoms with Crippen molar-refractivity contribution < 1.29 is 0 Å². The van der Waals surface area contributed by atoms with Crippen molar-refractivity contribution in [2.24, 2.45) is 0 Å². The molecule has 0 amide bonds. The third-order valence-corrected chi connectivity index (χ3v) is 6.40. The van der Waals surface area contributed by atoms with Gasteiger partial charge in [-0.1, -0.05) is 30.3 Å². The first-order valence-corrected chi connectivity index (χ1v) is 9.85. The summed E-state index contributed by atoms with van der Waals surface area (Å²) in [5, 5.41) is 10.5. The first-order valence-electron chi connectivity index (χ1n) is 9.03. The predicted octanol–water partition coefficient (Wildman–Crippen LogP) is 3.92. The third-order valence-electron chi connectivity index (χ3n) is 5.24. The second-order valence-corrected chi connectivity index (χ2v) is 7.97. The monoisotopic (exact) mass is 413 g/mol. The highest BCUT2D eigenvalue weighted by atomic mass is 35.5. The highest BCUT2D eigenvalue weighted by Crippen LogP contribution is 2.37. The molecule has 8 heteroatoms. The van der Waals surface area contributed by atoms with Crippen molar-refractivity contribution in [3.8, 4) is 10.4 Å². The second kappa shape index (κ2) is 7.50. The molecule has 1 aliphatic heterocycles. The number of nitrogens with one attached hydrogen (secondary N) is 3. The molecule has 1 fully saturated rings. The molecule has 1 aromatic carbocycles. The molecule has 5 rings (SSSR count). The molecule has 2 atom stereocenters. The Bertz CT molecular complexity index is 1170. The van der Waals surface area contributed by atoms with E-state index in [-0.39, 0.29) is 24.0 Å². The van der Waals surface area contributed by atoms with E-state index in [1.807, 2.05) is 19.1 Å². The molecule has 6 nitrogen and oxygen atoms in total. The van der Waals surface area contributed by atoms with Gasteiger partial charge in [-0.3, -0.25) is 9.89 Å². The van der Waals surface area contributed by atoms with E-state index in [1.54, 1.807) is 6.20 Å². The molecule has 1 aliphatic rings. The van der Waals surface area contributed by atoms with Crippen LogP contribution < -0.4 is 10.9 Å². The van der Waals surface area contributed by atoms with Crippen LogP contribution in [0.2, 0.25) is 0 Å². The van der Waals surface area contributed by atoms with Crippen LogP contribution in [0.3, 0.4) is 0 Å². The van der Waals surface area contributed by atoms with E-state index in [9.17, 15) is 4.79 Å². The maximum atomic E-state index is 12.7. The van der Waals surface area contributed by atoms with Crippen LogP contribution in [0.5, 0.6) is 0 Å². The molecule has 3 aromatic heterocycles. The zero-order valence-electron chi connectivity index (χ0n) is 15.2. The van der Waals surface area contributed by atoms with E-state index in [2.05, 4.69) is 44.8 Å². The smallest absolute Gasteiger partial charge is 0.268 e. The van der Waals surface area contributed by atoms with E-state index in [4.69, 9.17) is 4.98 Å². The van der Waals surface area contributed by atoms with Crippen molar-refractivity contribution in [3.05, 3.63) is 70.0 Å². The number of hydrogen-bond donors (Lipinski definition) is 3. The Morgan fingerprint density at radius 1 is 1.21 bits per heavy atom. The number of benzene rings is 1. The number of aryl methyl sites for hydroxylation is 1. The van der Waals surface area contributed by atoms with Gasteiger partial charge in [0, 0.05) is 22.1 Å². The van der Waals surface area contributed by atoms with Gasteiger partial charge in [0.05, 0.1) is 17.8 Å². The number of aromatic nitrogens is 4. The number of thiophene rings is 1. The zero-order chi connectivity index (χ0) is 18.4. The molecule has 0 bridgehead atoms. The highest BCUT2D eigenvalue weighted by Gasteiger charge is 2.31. The minimum atomic E-state index is -0.0760. The van der Waals surface area contributed by atoms with Crippen molar-refractivity contribution in [2.75, 3.05) is 6.54 Å². The Hall–Kier alpha value is -2.48. The lowest BCUT2D eigenvalue weighted by molar-refractivity contribution is 0.546. The fourth-order valence-corrected chi connectivity index (χ4v) is 4.95. The Labute approximate surface area is 171 Å². The number of hydrogen-bond acceptors (Lipinski definition) is 5. The Balaban J connectivity index is 0.00000192. The largest absolute Gasteiger partial charge is 0.308 e. The molecular weight excluding hydrogens is 394 g/mol. The van der Waals surface area contributed by atoms with Crippen molar-refractivity contribution in [2.45, 2.75) is 25.3 Å². The summed E-state index contributed by atoms with van der Waals surface area (Å²) in [5.74, 6) is 1.02. The lowest BCUT2D eigenvalue weighted by atomic mass is 9.91. The van der Waals surface area contributed by atoms with Crippen molar-refractivity contribution in [1.82, 2.24) is 25.5 Å². The van der Waals surface area contributed by atoms with Crippen LogP contribution in [0.25, 0.3) is 20.7 Å². The van der Waals surface area contributed by atoms with Crippen molar-refractivity contribution in [1.29, 1.82) is 0 Å². The minimum Gasteiger partial charge on any atom is -0.308 e. The summed E-state index contributed by atoms with van der Waals surface area (Å²) in [5.41, 5.74) is 3.94. The number of fused-ring (bicyclic) bond motifs is 1. The number of rotatable bonds is 3. The van der Waals surface area contributed by atoms with Crippen LogP contribution in [-0.4, -0.2) is 26.7 Å². The van der Waals surface area contributed by atoms with Crippen molar-refractivity contribution >= 4 is 34.0 Å². The van der Waals surface area contributed by atoms with Crippen LogP contribution >= 0.6 is 23.7 Å². The molecule has 3 N–H and O–H groups in total. The van der Waals surface area contributed by atoms with Gasteiger partial charge >= 0.3 is 0 Å². The quantitative estimate of drug-likeness (QED) is 0.475. The predicted molar refractivity (Wildman–Crippen MR) is 114 cm³/mol. The van der Waals surface area contributed by atoms with Gasteiger partial charge in [-0.15, -0.1) is 23.7 Å². The van der Waals surface area contributed by atoms with Crippen LogP contribution in [0, 0.1) is 6.92 Å². The number of nitrogens with zero attached hydrogens (tertiary/aromatic N) is 2. The summed E-state index contributed by atoms with van der Waals surface area (Å²) >= 11 is 1.46. The molecule has 4 aromatic rings. The minimum absolute atomic E-state index is 0. The molecule has 28 heavy (non-hydrogen) atoms. The Morgan fingerprint density at radius 2 is 2.04 bits per heavy atom. The Morgan fingerprint density at radius 3 is 2.79 bits per heavy atom. The number of H-pyrrole nitrogens is 2. The zero-order valence-corrected chi connectivity index (χ0v) is 16.9. The fraction of sp³-hybridized carbons (Fsp3) is 0.250. The van der Waals surface area contributed by atoms with Gasteiger partial charge in [0.1, 0.15) is 10.5 Å². The van der Waals surface area contributed by atoms with Gasteiger partial charge in [-0.2, -0.15) is 5.10 Å². The molecule has 4 heterocycles. The van der Waals surface area contributed by atoms with E-state index in [1.165, 1.54) is 16.9 Å². The van der Waals surface area contributed by atoms with Crippen LogP contribution in [0.1, 0.15) is 35.5 Å². The first-order chi connectivity index (χ1) is 13.2. The molecular formula is C20H20ClN5OS. The van der Waals surface area contributed by atoms with E-state index in [0.29, 0.717) is 16.4 Å².